The summed E-state index contributed by atoms with van der Waals surface area (Å²) < 4.78 is -0.196. The molecule has 0 amide bonds. The number of aliphatic hydroxyl groups is 2. The summed E-state index contributed by atoms with van der Waals surface area (Å²) in [7, 11) is 0. The highest BCUT2D eigenvalue weighted by atomic mass is 79.9. The minimum Gasteiger partial charge on any atom is -0.390 e. The summed E-state index contributed by atoms with van der Waals surface area (Å²) in [6.45, 7) is 1.91. The molecule has 2 nitrogen and oxygen atoms in total. The molecule has 0 aromatic rings. The lowest BCUT2D eigenvalue weighted by Gasteiger charge is -2.39. The fourth-order valence-electron chi connectivity index (χ4n) is 1.32. The minimum absolute atomic E-state index is 0.0336. The van der Waals surface area contributed by atoms with Gasteiger partial charge < -0.3 is 10.2 Å². The standard InChI is InChI=1S/C7H12Br2O2/c1-4-6(11)5(10)2-3-7(4,8)9/h4-6,10-11H,2-3H2,1H3. The third kappa shape index (κ3) is 1.97. The summed E-state index contributed by atoms with van der Waals surface area (Å²) in [6, 6.07) is 0. The Labute approximate surface area is 83.2 Å². The average molecular weight is 288 g/mol. The van der Waals surface area contributed by atoms with Gasteiger partial charge in [-0.05, 0) is 12.8 Å². The Morgan fingerprint density at radius 3 is 2.36 bits per heavy atom. The average Bonchev–Trinajstić information content (AvgIpc) is 1.95. The summed E-state index contributed by atoms with van der Waals surface area (Å²) in [5.41, 5.74) is 0. The molecule has 66 valence electrons. The van der Waals surface area contributed by atoms with Crippen molar-refractivity contribution in [1.82, 2.24) is 0 Å². The first-order chi connectivity index (χ1) is 4.95. The molecule has 3 atom stereocenters. The first-order valence-corrected chi connectivity index (χ1v) is 5.27. The summed E-state index contributed by atoms with van der Waals surface area (Å²) in [5, 5.41) is 18.8. The van der Waals surface area contributed by atoms with Crippen LogP contribution < -0.4 is 0 Å². The van der Waals surface area contributed by atoms with Gasteiger partial charge in [-0.25, -0.2) is 0 Å². The lowest BCUT2D eigenvalue weighted by molar-refractivity contribution is -0.0390. The van der Waals surface area contributed by atoms with Gasteiger partial charge in [0.15, 0.2) is 0 Å². The monoisotopic (exact) mass is 286 g/mol. The molecule has 0 heterocycles. The maximum atomic E-state index is 9.47. The molecule has 3 unspecified atom stereocenters. The van der Waals surface area contributed by atoms with Crippen molar-refractivity contribution in [2.75, 3.05) is 0 Å². The van der Waals surface area contributed by atoms with E-state index < -0.39 is 12.2 Å². The predicted octanol–water partition coefficient (Wildman–Crippen LogP) is 1.62. The van der Waals surface area contributed by atoms with Crippen LogP contribution in [0.15, 0.2) is 0 Å². The van der Waals surface area contributed by atoms with Crippen molar-refractivity contribution in [3.05, 3.63) is 0 Å². The summed E-state index contributed by atoms with van der Waals surface area (Å²) in [5.74, 6) is 0.0336. The summed E-state index contributed by atoms with van der Waals surface area (Å²) in [6.07, 6.45) is 0.296. The molecule has 11 heavy (non-hydrogen) atoms. The molecule has 1 saturated carbocycles. The van der Waals surface area contributed by atoms with E-state index in [9.17, 15) is 10.2 Å². The number of hydrogen-bond acceptors (Lipinski definition) is 2. The van der Waals surface area contributed by atoms with E-state index in [1.54, 1.807) is 0 Å². The van der Waals surface area contributed by atoms with Gasteiger partial charge in [-0.2, -0.15) is 0 Å². The van der Waals surface area contributed by atoms with Crippen molar-refractivity contribution < 1.29 is 10.2 Å². The Morgan fingerprint density at radius 1 is 1.36 bits per heavy atom. The Hall–Kier alpha value is 0.880. The zero-order valence-electron chi connectivity index (χ0n) is 6.30. The van der Waals surface area contributed by atoms with Crippen molar-refractivity contribution in [3.8, 4) is 0 Å². The van der Waals surface area contributed by atoms with Crippen LogP contribution in [0.4, 0.5) is 0 Å². The van der Waals surface area contributed by atoms with E-state index in [4.69, 9.17) is 0 Å². The van der Waals surface area contributed by atoms with E-state index in [0.29, 0.717) is 6.42 Å². The van der Waals surface area contributed by atoms with Crippen molar-refractivity contribution in [3.63, 3.8) is 0 Å². The topological polar surface area (TPSA) is 40.5 Å². The van der Waals surface area contributed by atoms with Crippen LogP contribution in [0.1, 0.15) is 19.8 Å². The van der Waals surface area contributed by atoms with Gasteiger partial charge in [0.1, 0.15) is 0 Å². The van der Waals surface area contributed by atoms with Gasteiger partial charge in [-0.15, -0.1) is 0 Å². The lowest BCUT2D eigenvalue weighted by atomic mass is 9.86. The Kier molecular flexibility index (Phi) is 3.01. The zero-order valence-corrected chi connectivity index (χ0v) is 9.47. The number of rotatable bonds is 0. The fraction of sp³-hybridized carbons (Fsp3) is 1.00. The first-order valence-electron chi connectivity index (χ1n) is 3.69. The smallest absolute Gasteiger partial charge is 0.0857 e. The number of hydrogen-bond donors (Lipinski definition) is 2. The SMILES string of the molecule is CC1C(O)C(O)CCC1(Br)Br. The molecule has 0 aromatic carbocycles. The van der Waals surface area contributed by atoms with Gasteiger partial charge in [0.25, 0.3) is 0 Å². The fourth-order valence-corrected chi connectivity index (χ4v) is 2.32. The van der Waals surface area contributed by atoms with Crippen LogP contribution >= 0.6 is 31.9 Å². The second-order valence-corrected chi connectivity index (χ2v) is 7.04. The molecule has 0 saturated heterocycles. The van der Waals surface area contributed by atoms with Gasteiger partial charge in [0.2, 0.25) is 0 Å². The molecule has 2 N–H and O–H groups in total. The van der Waals surface area contributed by atoms with Crippen molar-refractivity contribution >= 4 is 31.9 Å². The molecule has 4 heteroatoms. The molecule has 1 fully saturated rings. The van der Waals surface area contributed by atoms with Crippen LogP contribution in [0.25, 0.3) is 0 Å². The van der Waals surface area contributed by atoms with Crippen LogP contribution in [0.5, 0.6) is 0 Å². The molecular formula is C7H12Br2O2. The van der Waals surface area contributed by atoms with E-state index >= 15 is 0 Å². The molecule has 1 aliphatic rings. The van der Waals surface area contributed by atoms with E-state index in [2.05, 4.69) is 31.9 Å². The number of halogens is 2. The molecule has 0 spiro atoms. The lowest BCUT2D eigenvalue weighted by Crippen LogP contribution is -2.45. The third-order valence-electron chi connectivity index (χ3n) is 2.35. The molecule has 0 aliphatic heterocycles. The van der Waals surface area contributed by atoms with E-state index in [1.165, 1.54) is 0 Å². The van der Waals surface area contributed by atoms with Crippen LogP contribution in [-0.2, 0) is 0 Å². The van der Waals surface area contributed by atoms with Gasteiger partial charge in [-0.1, -0.05) is 38.8 Å². The third-order valence-corrected chi connectivity index (χ3v) is 4.58. The van der Waals surface area contributed by atoms with Crippen LogP contribution in [0.2, 0.25) is 0 Å². The number of alkyl halides is 2. The van der Waals surface area contributed by atoms with Crippen LogP contribution in [0, 0.1) is 5.92 Å². The molecule has 1 aliphatic carbocycles. The Bertz CT molecular complexity index is 149. The second-order valence-electron chi connectivity index (χ2n) is 3.15. The maximum Gasteiger partial charge on any atom is 0.0857 e. The highest BCUT2D eigenvalue weighted by Crippen LogP contribution is 2.45. The molecule has 0 radical (unpaired) electrons. The van der Waals surface area contributed by atoms with E-state index in [1.807, 2.05) is 6.92 Å². The highest BCUT2D eigenvalue weighted by Gasteiger charge is 2.42. The van der Waals surface area contributed by atoms with E-state index in [-0.39, 0.29) is 9.15 Å². The second kappa shape index (κ2) is 3.32. The van der Waals surface area contributed by atoms with Gasteiger partial charge >= 0.3 is 0 Å². The van der Waals surface area contributed by atoms with E-state index in [0.717, 1.165) is 6.42 Å². The van der Waals surface area contributed by atoms with Gasteiger partial charge in [0.05, 0.1) is 15.4 Å². The Balaban J connectivity index is 2.67. The van der Waals surface area contributed by atoms with Crippen molar-refractivity contribution in [2.45, 2.75) is 35.2 Å². The molecule has 0 bridgehead atoms. The highest BCUT2D eigenvalue weighted by molar-refractivity contribution is 9.25. The maximum absolute atomic E-state index is 9.47. The quantitative estimate of drug-likeness (QED) is 0.665. The van der Waals surface area contributed by atoms with Crippen LogP contribution in [0.3, 0.4) is 0 Å². The summed E-state index contributed by atoms with van der Waals surface area (Å²) in [4.78, 5) is 0. The number of aliphatic hydroxyl groups excluding tert-OH is 2. The predicted molar refractivity (Wildman–Crippen MR) is 51.0 cm³/mol. The Morgan fingerprint density at radius 2 is 1.91 bits per heavy atom. The minimum atomic E-state index is -0.623. The molecule has 1 rings (SSSR count). The van der Waals surface area contributed by atoms with Crippen molar-refractivity contribution in [2.24, 2.45) is 5.92 Å². The zero-order chi connectivity index (χ0) is 8.65. The normalized spacial score (nSPS) is 43.9. The van der Waals surface area contributed by atoms with Crippen molar-refractivity contribution in [1.29, 1.82) is 0 Å². The van der Waals surface area contributed by atoms with Gasteiger partial charge in [0, 0.05) is 5.92 Å². The molecule has 0 aromatic heterocycles. The van der Waals surface area contributed by atoms with Gasteiger partial charge in [-0.3, -0.25) is 0 Å². The molecular weight excluding hydrogens is 276 g/mol. The van der Waals surface area contributed by atoms with Crippen LogP contribution in [-0.4, -0.2) is 25.7 Å². The summed E-state index contributed by atoms with van der Waals surface area (Å²) >= 11 is 6.94. The largest absolute Gasteiger partial charge is 0.390 e. The first kappa shape index (κ1) is 9.96.